The Labute approximate surface area is 120 Å². The first-order chi connectivity index (χ1) is 9.97. The van der Waals surface area contributed by atoms with E-state index < -0.39 is 17.5 Å². The molecule has 0 aliphatic rings. The molecule has 0 unspecified atom stereocenters. The molecule has 2 aromatic rings. The van der Waals surface area contributed by atoms with E-state index in [1.54, 1.807) is 12.1 Å². The third-order valence-corrected chi connectivity index (χ3v) is 2.87. The van der Waals surface area contributed by atoms with Crippen molar-refractivity contribution in [1.82, 2.24) is 0 Å². The first-order valence-corrected chi connectivity index (χ1v) is 6.05. The maximum Gasteiger partial charge on any atom is 0.371 e. The lowest BCUT2D eigenvalue weighted by Gasteiger charge is -2.02. The van der Waals surface area contributed by atoms with Gasteiger partial charge in [0.05, 0.1) is 11.8 Å². The standard InChI is InChI=1S/C15H13NO5/c16-11-3-1-9(2-4-11)5-10-7-21-8-12(10)13(17)6-14(18)15(19)20/h1-4,6-8,18H,5,16H2,(H,19,20). The van der Waals surface area contributed by atoms with Gasteiger partial charge < -0.3 is 20.4 Å². The molecule has 0 fully saturated rings. The number of ketones is 1. The summed E-state index contributed by atoms with van der Waals surface area (Å²) in [4.78, 5) is 22.4. The smallest absolute Gasteiger partial charge is 0.371 e. The van der Waals surface area contributed by atoms with E-state index in [1.165, 1.54) is 12.5 Å². The van der Waals surface area contributed by atoms with E-state index in [2.05, 4.69) is 0 Å². The number of aliphatic hydroxyl groups excluding tert-OH is 1. The van der Waals surface area contributed by atoms with Crippen molar-refractivity contribution in [2.24, 2.45) is 0 Å². The zero-order chi connectivity index (χ0) is 15.4. The molecule has 0 aliphatic heterocycles. The zero-order valence-electron chi connectivity index (χ0n) is 10.9. The largest absolute Gasteiger partial charge is 0.502 e. The van der Waals surface area contributed by atoms with Crippen LogP contribution in [-0.2, 0) is 11.2 Å². The van der Waals surface area contributed by atoms with Crippen LogP contribution >= 0.6 is 0 Å². The lowest BCUT2D eigenvalue weighted by atomic mass is 10.0. The highest BCUT2D eigenvalue weighted by molar-refractivity contribution is 6.08. The van der Waals surface area contributed by atoms with Crippen LogP contribution in [0, 0.1) is 0 Å². The van der Waals surface area contributed by atoms with E-state index >= 15 is 0 Å². The summed E-state index contributed by atoms with van der Waals surface area (Å²) in [5.41, 5.74) is 7.96. The number of carbonyl (C=O) groups excluding carboxylic acids is 1. The van der Waals surface area contributed by atoms with Crippen LogP contribution in [0.5, 0.6) is 0 Å². The summed E-state index contributed by atoms with van der Waals surface area (Å²) in [6.45, 7) is 0. The van der Waals surface area contributed by atoms with Crippen LogP contribution in [0.2, 0.25) is 0 Å². The summed E-state index contributed by atoms with van der Waals surface area (Å²) in [5, 5.41) is 17.7. The summed E-state index contributed by atoms with van der Waals surface area (Å²) in [7, 11) is 0. The van der Waals surface area contributed by atoms with E-state index in [0.29, 0.717) is 23.7 Å². The van der Waals surface area contributed by atoms with Crippen molar-refractivity contribution < 1.29 is 24.2 Å². The van der Waals surface area contributed by atoms with Gasteiger partial charge in [-0.25, -0.2) is 4.79 Å². The lowest BCUT2D eigenvalue weighted by Crippen LogP contribution is -2.05. The van der Waals surface area contributed by atoms with Crippen LogP contribution in [0.1, 0.15) is 21.5 Å². The highest BCUT2D eigenvalue weighted by Gasteiger charge is 2.15. The van der Waals surface area contributed by atoms with Crippen molar-refractivity contribution in [2.45, 2.75) is 6.42 Å². The summed E-state index contributed by atoms with van der Waals surface area (Å²) in [6, 6.07) is 7.13. The lowest BCUT2D eigenvalue weighted by molar-refractivity contribution is -0.135. The number of furan rings is 1. The number of carbonyl (C=O) groups is 2. The molecule has 4 N–H and O–H groups in total. The van der Waals surface area contributed by atoms with Crippen LogP contribution in [-0.4, -0.2) is 22.0 Å². The van der Waals surface area contributed by atoms with Crippen molar-refractivity contribution in [2.75, 3.05) is 5.73 Å². The van der Waals surface area contributed by atoms with Gasteiger partial charge in [0, 0.05) is 23.7 Å². The van der Waals surface area contributed by atoms with Gasteiger partial charge in [-0.1, -0.05) is 12.1 Å². The Morgan fingerprint density at radius 1 is 1.14 bits per heavy atom. The van der Waals surface area contributed by atoms with Crippen molar-refractivity contribution in [3.05, 3.63) is 65.3 Å². The Bertz CT molecular complexity index is 697. The molecule has 6 heteroatoms. The zero-order valence-corrected chi connectivity index (χ0v) is 10.9. The molecule has 108 valence electrons. The Kier molecular flexibility index (Phi) is 4.08. The first-order valence-electron chi connectivity index (χ1n) is 6.05. The van der Waals surface area contributed by atoms with Crippen molar-refractivity contribution in [1.29, 1.82) is 0 Å². The van der Waals surface area contributed by atoms with Crippen LogP contribution in [0.25, 0.3) is 0 Å². The average Bonchev–Trinajstić information content (AvgIpc) is 2.89. The number of allylic oxidation sites excluding steroid dienone is 1. The molecule has 0 saturated heterocycles. The van der Waals surface area contributed by atoms with E-state index in [-0.39, 0.29) is 5.56 Å². The summed E-state index contributed by atoms with van der Waals surface area (Å²) >= 11 is 0. The molecule has 1 aromatic heterocycles. The van der Waals surface area contributed by atoms with Crippen LogP contribution in [0.15, 0.2) is 53.0 Å². The maximum atomic E-state index is 11.9. The molecule has 6 nitrogen and oxygen atoms in total. The molecule has 0 bridgehead atoms. The predicted molar refractivity (Wildman–Crippen MR) is 75.0 cm³/mol. The maximum absolute atomic E-state index is 11.9. The Hall–Kier alpha value is -3.02. The van der Waals surface area contributed by atoms with Crippen molar-refractivity contribution >= 4 is 17.4 Å². The first kappa shape index (κ1) is 14.4. The summed E-state index contributed by atoms with van der Waals surface area (Å²) in [6.07, 6.45) is 3.72. The minimum atomic E-state index is -1.56. The van der Waals surface area contributed by atoms with Gasteiger partial charge in [0.25, 0.3) is 0 Å². The fourth-order valence-electron chi connectivity index (χ4n) is 1.80. The third-order valence-electron chi connectivity index (χ3n) is 2.87. The topological polar surface area (TPSA) is 114 Å². The minimum Gasteiger partial charge on any atom is -0.502 e. The second-order valence-corrected chi connectivity index (χ2v) is 4.43. The molecule has 2 rings (SSSR count). The van der Waals surface area contributed by atoms with Gasteiger partial charge >= 0.3 is 5.97 Å². The van der Waals surface area contributed by atoms with Gasteiger partial charge in [-0.15, -0.1) is 0 Å². The van der Waals surface area contributed by atoms with Crippen LogP contribution < -0.4 is 5.73 Å². The number of hydrogen-bond donors (Lipinski definition) is 3. The van der Waals surface area contributed by atoms with Gasteiger partial charge in [0.15, 0.2) is 5.78 Å². The highest BCUT2D eigenvalue weighted by Crippen LogP contribution is 2.18. The number of aliphatic carboxylic acids is 1. The number of nitrogen functional groups attached to an aromatic ring is 1. The van der Waals surface area contributed by atoms with Gasteiger partial charge in [-0.2, -0.15) is 0 Å². The van der Waals surface area contributed by atoms with Crippen LogP contribution in [0.3, 0.4) is 0 Å². The molecular formula is C15H13NO5. The number of carboxylic acids is 1. The molecule has 0 saturated carbocycles. The Morgan fingerprint density at radius 3 is 2.43 bits per heavy atom. The molecule has 0 aliphatic carbocycles. The second-order valence-electron chi connectivity index (χ2n) is 4.43. The molecule has 0 atom stereocenters. The summed E-state index contributed by atoms with van der Waals surface area (Å²) < 4.78 is 5.00. The van der Waals surface area contributed by atoms with E-state index in [1.807, 2.05) is 12.1 Å². The Morgan fingerprint density at radius 2 is 1.81 bits per heavy atom. The molecule has 0 radical (unpaired) electrons. The second kappa shape index (κ2) is 5.96. The number of carboxylic acid groups (broad SMARTS) is 1. The van der Waals surface area contributed by atoms with Crippen molar-refractivity contribution in [3.8, 4) is 0 Å². The number of anilines is 1. The predicted octanol–water partition coefficient (Wildman–Crippen LogP) is 2.16. The minimum absolute atomic E-state index is 0.208. The Balaban J connectivity index is 2.22. The van der Waals surface area contributed by atoms with Gasteiger partial charge in [-0.05, 0) is 17.7 Å². The molecule has 1 heterocycles. The molecule has 21 heavy (non-hydrogen) atoms. The monoisotopic (exact) mass is 287 g/mol. The molecule has 1 aromatic carbocycles. The average molecular weight is 287 g/mol. The number of benzene rings is 1. The summed E-state index contributed by atoms with van der Waals surface area (Å²) in [5.74, 6) is -3.21. The van der Waals surface area contributed by atoms with E-state index in [4.69, 9.17) is 20.4 Å². The van der Waals surface area contributed by atoms with Gasteiger partial charge in [0.1, 0.15) is 6.26 Å². The number of hydrogen-bond acceptors (Lipinski definition) is 5. The van der Waals surface area contributed by atoms with Crippen LogP contribution in [0.4, 0.5) is 5.69 Å². The van der Waals surface area contributed by atoms with Crippen molar-refractivity contribution in [3.63, 3.8) is 0 Å². The molecule has 0 amide bonds. The van der Waals surface area contributed by atoms with E-state index in [9.17, 15) is 9.59 Å². The quantitative estimate of drug-likeness (QED) is 0.336. The molecular weight excluding hydrogens is 274 g/mol. The number of aliphatic hydroxyl groups is 1. The number of rotatable bonds is 5. The number of nitrogens with two attached hydrogens (primary N) is 1. The third kappa shape index (κ3) is 3.50. The SMILES string of the molecule is Nc1ccc(Cc2cocc2C(=O)C=C(O)C(=O)O)cc1. The van der Waals surface area contributed by atoms with E-state index in [0.717, 1.165) is 5.56 Å². The van der Waals surface area contributed by atoms with Gasteiger partial charge in [0.2, 0.25) is 5.76 Å². The fourth-order valence-corrected chi connectivity index (χ4v) is 1.80. The fraction of sp³-hybridized carbons (Fsp3) is 0.0667. The normalized spacial score (nSPS) is 11.3. The highest BCUT2D eigenvalue weighted by atomic mass is 16.4. The van der Waals surface area contributed by atoms with Gasteiger partial charge in [-0.3, -0.25) is 4.79 Å². The molecule has 0 spiro atoms.